The number of halogens is 1. The molecule has 1 unspecified atom stereocenters. The van der Waals surface area contributed by atoms with E-state index >= 15 is 0 Å². The van der Waals surface area contributed by atoms with Crippen molar-refractivity contribution in [1.82, 2.24) is 14.9 Å². The van der Waals surface area contributed by atoms with Gasteiger partial charge in [-0.3, -0.25) is 9.36 Å². The summed E-state index contributed by atoms with van der Waals surface area (Å²) in [6, 6.07) is 4.61. The predicted octanol–water partition coefficient (Wildman–Crippen LogP) is 1.46. The molecule has 1 aromatic heterocycles. The average molecular weight is 247 g/mol. The lowest BCUT2D eigenvalue weighted by molar-refractivity contribution is 0.362. The van der Waals surface area contributed by atoms with Crippen LogP contribution in [0.1, 0.15) is 18.9 Å². The van der Waals surface area contributed by atoms with Crippen molar-refractivity contribution in [2.75, 3.05) is 13.1 Å². The highest BCUT2D eigenvalue weighted by Crippen LogP contribution is 2.16. The third-order valence-electron chi connectivity index (χ3n) is 3.43. The Hall–Kier alpha value is -1.75. The molecular weight excluding hydrogens is 233 g/mol. The Morgan fingerprint density at radius 2 is 2.33 bits per heavy atom. The first kappa shape index (κ1) is 11.3. The number of hydrogen-bond acceptors (Lipinski definition) is 3. The first-order valence-electron chi connectivity index (χ1n) is 6.13. The molecule has 4 nitrogen and oxygen atoms in total. The molecule has 0 radical (unpaired) electrons. The fourth-order valence-corrected chi connectivity index (χ4v) is 2.46. The third kappa shape index (κ3) is 1.80. The molecule has 1 fully saturated rings. The van der Waals surface area contributed by atoms with Gasteiger partial charge in [0.1, 0.15) is 11.3 Å². The molecule has 5 heteroatoms. The normalized spacial score (nSPS) is 20.2. The number of aromatic nitrogens is 2. The van der Waals surface area contributed by atoms with Crippen molar-refractivity contribution in [3.63, 3.8) is 0 Å². The van der Waals surface area contributed by atoms with Crippen LogP contribution < -0.4 is 10.9 Å². The van der Waals surface area contributed by atoms with E-state index in [1.54, 1.807) is 16.7 Å². The number of rotatable bonds is 1. The summed E-state index contributed by atoms with van der Waals surface area (Å²) in [7, 11) is 0. The third-order valence-corrected chi connectivity index (χ3v) is 3.43. The van der Waals surface area contributed by atoms with Crippen molar-refractivity contribution in [1.29, 1.82) is 0 Å². The van der Waals surface area contributed by atoms with Gasteiger partial charge in [-0.1, -0.05) is 6.07 Å². The van der Waals surface area contributed by atoms with E-state index in [-0.39, 0.29) is 17.1 Å². The second-order valence-electron chi connectivity index (χ2n) is 4.59. The van der Waals surface area contributed by atoms with Crippen molar-refractivity contribution in [2.45, 2.75) is 18.9 Å². The minimum atomic E-state index is -0.446. The number of benzene rings is 1. The lowest BCUT2D eigenvalue weighted by Gasteiger charge is -2.24. The topological polar surface area (TPSA) is 46.9 Å². The lowest BCUT2D eigenvalue weighted by atomic mass is 10.1. The fourth-order valence-electron chi connectivity index (χ4n) is 2.46. The van der Waals surface area contributed by atoms with Gasteiger partial charge in [-0.2, -0.15) is 0 Å². The molecule has 2 heterocycles. The molecule has 1 N–H and O–H groups in total. The van der Waals surface area contributed by atoms with Crippen LogP contribution in [0.5, 0.6) is 0 Å². The van der Waals surface area contributed by atoms with Crippen molar-refractivity contribution in [2.24, 2.45) is 0 Å². The van der Waals surface area contributed by atoms with Crippen LogP contribution in [0.4, 0.5) is 4.39 Å². The van der Waals surface area contributed by atoms with Gasteiger partial charge < -0.3 is 5.32 Å². The molecular formula is C13H14FN3O. The maximum Gasteiger partial charge on any atom is 0.261 e. The van der Waals surface area contributed by atoms with E-state index in [4.69, 9.17) is 0 Å². The quantitative estimate of drug-likeness (QED) is 0.830. The highest BCUT2D eigenvalue weighted by atomic mass is 19.1. The molecule has 3 rings (SSSR count). The number of fused-ring (bicyclic) bond motifs is 1. The number of para-hydroxylation sites is 1. The van der Waals surface area contributed by atoms with Crippen LogP contribution in [-0.4, -0.2) is 22.6 Å². The Bertz CT molecular complexity index is 632. The van der Waals surface area contributed by atoms with Gasteiger partial charge in [-0.05, 0) is 31.5 Å². The van der Waals surface area contributed by atoms with Gasteiger partial charge >= 0.3 is 0 Å². The van der Waals surface area contributed by atoms with E-state index < -0.39 is 5.82 Å². The van der Waals surface area contributed by atoms with E-state index in [9.17, 15) is 9.18 Å². The van der Waals surface area contributed by atoms with Gasteiger partial charge in [0.2, 0.25) is 0 Å². The summed E-state index contributed by atoms with van der Waals surface area (Å²) in [5, 5.41) is 3.61. The summed E-state index contributed by atoms with van der Waals surface area (Å²) < 4.78 is 15.1. The second kappa shape index (κ2) is 4.49. The first-order valence-corrected chi connectivity index (χ1v) is 6.13. The molecule has 0 aliphatic carbocycles. The van der Waals surface area contributed by atoms with E-state index in [1.807, 2.05) is 0 Å². The molecule has 94 valence electrons. The molecule has 1 aliphatic heterocycles. The summed E-state index contributed by atoms with van der Waals surface area (Å²) in [4.78, 5) is 16.4. The van der Waals surface area contributed by atoms with Crippen molar-refractivity contribution in [3.8, 4) is 0 Å². The molecule has 1 saturated heterocycles. The second-order valence-corrected chi connectivity index (χ2v) is 4.59. The highest BCUT2D eigenvalue weighted by Gasteiger charge is 2.17. The van der Waals surface area contributed by atoms with Crippen LogP contribution in [0.15, 0.2) is 29.3 Å². The van der Waals surface area contributed by atoms with Crippen LogP contribution in [0.2, 0.25) is 0 Å². The molecule has 18 heavy (non-hydrogen) atoms. The minimum absolute atomic E-state index is 0.117. The summed E-state index contributed by atoms with van der Waals surface area (Å²) >= 11 is 0. The fraction of sp³-hybridized carbons (Fsp3) is 0.385. The highest BCUT2D eigenvalue weighted by molar-refractivity contribution is 5.77. The lowest BCUT2D eigenvalue weighted by Crippen LogP contribution is -2.36. The standard InChI is InChI=1S/C13H14FN3O/c14-11-5-1-4-10-12(11)16-8-17(13(10)18)9-3-2-6-15-7-9/h1,4-5,8-9,15H,2-3,6-7H2. The van der Waals surface area contributed by atoms with Crippen molar-refractivity contribution < 1.29 is 4.39 Å². The van der Waals surface area contributed by atoms with Gasteiger partial charge in [-0.25, -0.2) is 9.37 Å². The van der Waals surface area contributed by atoms with Crippen LogP contribution in [0.25, 0.3) is 10.9 Å². The molecule has 0 spiro atoms. The Kier molecular flexibility index (Phi) is 2.83. The summed E-state index contributed by atoms with van der Waals surface area (Å²) in [6.07, 6.45) is 3.46. The van der Waals surface area contributed by atoms with Gasteiger partial charge in [0, 0.05) is 6.54 Å². The maximum absolute atomic E-state index is 13.5. The van der Waals surface area contributed by atoms with Gasteiger partial charge in [-0.15, -0.1) is 0 Å². The van der Waals surface area contributed by atoms with E-state index in [1.165, 1.54) is 12.4 Å². The molecule has 1 aromatic carbocycles. The van der Waals surface area contributed by atoms with Crippen LogP contribution in [0, 0.1) is 5.82 Å². The molecule has 0 amide bonds. The van der Waals surface area contributed by atoms with Crippen LogP contribution >= 0.6 is 0 Å². The van der Waals surface area contributed by atoms with Gasteiger partial charge in [0.05, 0.1) is 17.8 Å². The first-order chi connectivity index (χ1) is 8.77. The van der Waals surface area contributed by atoms with Gasteiger partial charge in [0.15, 0.2) is 0 Å². The monoisotopic (exact) mass is 247 g/mol. The molecule has 2 aromatic rings. The largest absolute Gasteiger partial charge is 0.315 e. The number of nitrogens with zero attached hydrogens (tertiary/aromatic N) is 2. The van der Waals surface area contributed by atoms with Crippen LogP contribution in [-0.2, 0) is 0 Å². The summed E-state index contributed by atoms with van der Waals surface area (Å²) in [5.74, 6) is -0.446. The van der Waals surface area contributed by atoms with Crippen molar-refractivity contribution >= 4 is 10.9 Å². The summed E-state index contributed by atoms with van der Waals surface area (Å²) in [6.45, 7) is 1.75. The Labute approximate surface area is 103 Å². The average Bonchev–Trinajstić information content (AvgIpc) is 2.41. The maximum atomic E-state index is 13.5. The molecule has 1 atom stereocenters. The van der Waals surface area contributed by atoms with Crippen molar-refractivity contribution in [3.05, 3.63) is 40.7 Å². The number of hydrogen-bond donors (Lipinski definition) is 1. The van der Waals surface area contributed by atoms with E-state index in [0.29, 0.717) is 5.39 Å². The zero-order valence-corrected chi connectivity index (χ0v) is 9.90. The zero-order valence-electron chi connectivity index (χ0n) is 9.90. The smallest absolute Gasteiger partial charge is 0.261 e. The van der Waals surface area contributed by atoms with Gasteiger partial charge in [0.25, 0.3) is 5.56 Å². The molecule has 1 aliphatic rings. The zero-order chi connectivity index (χ0) is 12.5. The minimum Gasteiger partial charge on any atom is -0.315 e. The summed E-state index contributed by atoms with van der Waals surface area (Å²) in [5.41, 5.74) is -0.00396. The Balaban J connectivity index is 2.14. The Morgan fingerprint density at radius 1 is 1.44 bits per heavy atom. The Morgan fingerprint density at radius 3 is 3.11 bits per heavy atom. The molecule has 0 saturated carbocycles. The SMILES string of the molecule is O=c1c2cccc(F)c2ncn1C1CCCNC1. The van der Waals surface area contributed by atoms with E-state index in [0.717, 1.165) is 25.9 Å². The number of piperidine rings is 1. The van der Waals surface area contributed by atoms with Crippen LogP contribution in [0.3, 0.4) is 0 Å². The van der Waals surface area contributed by atoms with E-state index in [2.05, 4.69) is 10.3 Å². The number of nitrogens with one attached hydrogen (secondary N) is 1. The predicted molar refractivity (Wildman–Crippen MR) is 67.1 cm³/mol. The molecule has 0 bridgehead atoms.